The zero-order valence-electron chi connectivity index (χ0n) is 10.0. The third-order valence-electron chi connectivity index (χ3n) is 3.00. The van der Waals surface area contributed by atoms with Crippen LogP contribution < -0.4 is 0 Å². The molecule has 3 nitrogen and oxygen atoms in total. The van der Waals surface area contributed by atoms with Crippen molar-refractivity contribution in [3.63, 3.8) is 0 Å². The first-order valence-corrected chi connectivity index (χ1v) is 7.00. The highest BCUT2D eigenvalue weighted by Crippen LogP contribution is 2.45. The van der Waals surface area contributed by atoms with E-state index in [4.69, 9.17) is 4.74 Å². The maximum absolute atomic E-state index is 12.2. The van der Waals surface area contributed by atoms with E-state index in [2.05, 4.69) is 4.98 Å². The number of aromatic nitrogens is 1. The van der Waals surface area contributed by atoms with Crippen molar-refractivity contribution >= 4 is 17.7 Å². The zero-order chi connectivity index (χ0) is 12.1. The second-order valence-electron chi connectivity index (χ2n) is 4.09. The molecule has 0 radical (unpaired) electrons. The molecule has 1 atom stereocenters. The molecule has 0 N–H and O–H groups in total. The van der Waals surface area contributed by atoms with E-state index in [-0.39, 0.29) is 5.97 Å². The summed E-state index contributed by atoms with van der Waals surface area (Å²) in [5.41, 5.74) is 0.975. The van der Waals surface area contributed by atoms with Gasteiger partial charge < -0.3 is 4.74 Å². The first kappa shape index (κ1) is 12.4. The summed E-state index contributed by atoms with van der Waals surface area (Å²) in [5, 5.41) is 0. The largest absolute Gasteiger partial charge is 0.465 e. The number of hydrogen-bond donors (Lipinski definition) is 0. The van der Waals surface area contributed by atoms with Crippen molar-refractivity contribution in [3.05, 3.63) is 30.1 Å². The molecule has 1 unspecified atom stereocenters. The highest BCUT2D eigenvalue weighted by molar-refractivity contribution is 8.01. The number of pyridine rings is 1. The van der Waals surface area contributed by atoms with Crippen molar-refractivity contribution in [2.75, 3.05) is 12.4 Å². The summed E-state index contributed by atoms with van der Waals surface area (Å²) in [6, 6.07) is 3.85. The van der Waals surface area contributed by atoms with E-state index >= 15 is 0 Å². The van der Waals surface area contributed by atoms with Gasteiger partial charge in [0.05, 0.1) is 6.61 Å². The van der Waals surface area contributed by atoms with Gasteiger partial charge in [0.1, 0.15) is 4.75 Å². The molecule has 0 spiro atoms. The van der Waals surface area contributed by atoms with E-state index in [1.807, 2.05) is 19.1 Å². The molecule has 1 aromatic heterocycles. The van der Waals surface area contributed by atoms with Gasteiger partial charge in [-0.25, -0.2) is 0 Å². The summed E-state index contributed by atoms with van der Waals surface area (Å²) in [6.07, 6.45) is 6.61. The Morgan fingerprint density at radius 2 is 2.47 bits per heavy atom. The molecule has 2 rings (SSSR count). The smallest absolute Gasteiger partial charge is 0.326 e. The number of rotatable bonds is 3. The third kappa shape index (κ3) is 2.46. The minimum Gasteiger partial charge on any atom is -0.465 e. The fourth-order valence-corrected chi connectivity index (χ4v) is 3.60. The van der Waals surface area contributed by atoms with Gasteiger partial charge in [0.25, 0.3) is 0 Å². The number of esters is 1. The van der Waals surface area contributed by atoms with Gasteiger partial charge in [-0.15, -0.1) is 11.8 Å². The Balaban J connectivity index is 2.33. The molecular formula is C13H17NO2S. The number of carbonyl (C=O) groups excluding carboxylic acids is 1. The van der Waals surface area contributed by atoms with Gasteiger partial charge in [-0.3, -0.25) is 9.78 Å². The predicted molar refractivity (Wildman–Crippen MR) is 68.9 cm³/mol. The van der Waals surface area contributed by atoms with Crippen LogP contribution in [-0.4, -0.2) is 23.3 Å². The van der Waals surface area contributed by atoms with E-state index in [1.54, 1.807) is 24.2 Å². The zero-order valence-corrected chi connectivity index (χ0v) is 10.8. The maximum Gasteiger partial charge on any atom is 0.326 e. The molecule has 92 valence electrons. The van der Waals surface area contributed by atoms with Gasteiger partial charge in [0.2, 0.25) is 0 Å². The molecular weight excluding hydrogens is 234 g/mol. The number of hydrogen-bond acceptors (Lipinski definition) is 4. The van der Waals surface area contributed by atoms with Crippen LogP contribution in [0.15, 0.2) is 24.5 Å². The van der Waals surface area contributed by atoms with Gasteiger partial charge in [0, 0.05) is 12.4 Å². The second kappa shape index (κ2) is 5.54. The lowest BCUT2D eigenvalue weighted by Gasteiger charge is -2.34. The van der Waals surface area contributed by atoms with Crippen molar-refractivity contribution in [3.8, 4) is 0 Å². The molecule has 1 aliphatic rings. The van der Waals surface area contributed by atoms with Crippen LogP contribution in [0.4, 0.5) is 0 Å². The van der Waals surface area contributed by atoms with Crippen LogP contribution in [-0.2, 0) is 14.3 Å². The first-order chi connectivity index (χ1) is 8.29. The van der Waals surface area contributed by atoms with Crippen molar-refractivity contribution in [1.29, 1.82) is 0 Å². The fraction of sp³-hybridized carbons (Fsp3) is 0.538. The Morgan fingerprint density at radius 1 is 1.59 bits per heavy atom. The van der Waals surface area contributed by atoms with E-state index in [0.29, 0.717) is 6.61 Å². The lowest BCUT2D eigenvalue weighted by atomic mass is 9.93. The molecule has 1 aliphatic heterocycles. The predicted octanol–water partition coefficient (Wildman–Crippen LogP) is 2.76. The van der Waals surface area contributed by atoms with E-state index in [9.17, 15) is 4.79 Å². The minimum atomic E-state index is -0.525. The summed E-state index contributed by atoms with van der Waals surface area (Å²) in [5.74, 6) is 0.894. The molecule has 1 saturated heterocycles. The van der Waals surface area contributed by atoms with E-state index in [0.717, 1.165) is 24.2 Å². The Hall–Kier alpha value is -1.03. The van der Waals surface area contributed by atoms with Crippen molar-refractivity contribution in [2.45, 2.75) is 30.9 Å². The van der Waals surface area contributed by atoms with Crippen LogP contribution in [0.25, 0.3) is 0 Å². The maximum atomic E-state index is 12.2. The Morgan fingerprint density at radius 3 is 3.06 bits per heavy atom. The molecule has 0 amide bonds. The first-order valence-electron chi connectivity index (χ1n) is 6.01. The quantitative estimate of drug-likeness (QED) is 0.774. The summed E-state index contributed by atoms with van der Waals surface area (Å²) >= 11 is 1.70. The second-order valence-corrected chi connectivity index (χ2v) is 5.49. The molecule has 0 bridgehead atoms. The van der Waals surface area contributed by atoms with Gasteiger partial charge in [-0.05, 0) is 37.1 Å². The summed E-state index contributed by atoms with van der Waals surface area (Å²) in [6.45, 7) is 2.28. The Bertz CT molecular complexity index is 374. The number of nitrogens with zero attached hydrogens (tertiary/aromatic N) is 1. The molecule has 0 aromatic carbocycles. The molecule has 4 heteroatoms. The standard InChI is InChI=1S/C13H17NO2S/c1-2-16-12(15)13(7-3-4-9-17-13)11-6-5-8-14-10-11/h5-6,8,10H,2-4,7,9H2,1H3. The fourth-order valence-electron chi connectivity index (χ4n) is 2.15. The van der Waals surface area contributed by atoms with Crippen molar-refractivity contribution < 1.29 is 9.53 Å². The van der Waals surface area contributed by atoms with Crippen LogP contribution in [0.1, 0.15) is 31.7 Å². The number of thioether (sulfide) groups is 1. The van der Waals surface area contributed by atoms with Gasteiger partial charge in [0.15, 0.2) is 0 Å². The Kier molecular flexibility index (Phi) is 4.05. The lowest BCUT2D eigenvalue weighted by Crippen LogP contribution is -2.36. The van der Waals surface area contributed by atoms with Crippen LogP contribution in [0.5, 0.6) is 0 Å². The third-order valence-corrected chi connectivity index (χ3v) is 4.60. The monoisotopic (exact) mass is 251 g/mol. The normalized spacial score (nSPS) is 24.3. The van der Waals surface area contributed by atoms with Crippen LogP contribution in [0.2, 0.25) is 0 Å². The average Bonchev–Trinajstić information content (AvgIpc) is 2.41. The lowest BCUT2D eigenvalue weighted by molar-refractivity contribution is -0.146. The van der Waals surface area contributed by atoms with Gasteiger partial charge in [-0.1, -0.05) is 12.5 Å². The van der Waals surface area contributed by atoms with Crippen LogP contribution in [0, 0.1) is 0 Å². The van der Waals surface area contributed by atoms with Crippen LogP contribution in [0.3, 0.4) is 0 Å². The molecule has 0 saturated carbocycles. The van der Waals surface area contributed by atoms with Gasteiger partial charge >= 0.3 is 5.97 Å². The van der Waals surface area contributed by atoms with Crippen molar-refractivity contribution in [2.24, 2.45) is 0 Å². The highest BCUT2D eigenvalue weighted by Gasteiger charge is 2.43. The molecule has 2 heterocycles. The molecule has 0 aliphatic carbocycles. The van der Waals surface area contributed by atoms with Gasteiger partial charge in [-0.2, -0.15) is 0 Å². The SMILES string of the molecule is CCOC(=O)C1(c2cccnc2)CCCCS1. The number of carbonyl (C=O) groups is 1. The van der Waals surface area contributed by atoms with Crippen molar-refractivity contribution in [1.82, 2.24) is 4.98 Å². The number of ether oxygens (including phenoxy) is 1. The minimum absolute atomic E-state index is 0.113. The Labute approximate surface area is 106 Å². The highest BCUT2D eigenvalue weighted by atomic mass is 32.2. The molecule has 17 heavy (non-hydrogen) atoms. The van der Waals surface area contributed by atoms with E-state index in [1.165, 1.54) is 6.42 Å². The average molecular weight is 251 g/mol. The summed E-state index contributed by atoms with van der Waals surface area (Å²) in [4.78, 5) is 16.4. The topological polar surface area (TPSA) is 39.2 Å². The van der Waals surface area contributed by atoms with Crippen LogP contribution >= 0.6 is 11.8 Å². The summed E-state index contributed by atoms with van der Waals surface area (Å²) < 4.78 is 4.73. The van der Waals surface area contributed by atoms with E-state index < -0.39 is 4.75 Å². The molecule has 1 fully saturated rings. The molecule has 1 aromatic rings. The summed E-state index contributed by atoms with van der Waals surface area (Å²) in [7, 11) is 0.